The van der Waals surface area contributed by atoms with Crippen LogP contribution in [-0.4, -0.2) is 42.8 Å². The van der Waals surface area contributed by atoms with E-state index in [0.717, 1.165) is 12.1 Å². The van der Waals surface area contributed by atoms with E-state index in [9.17, 15) is 14.4 Å². The first-order chi connectivity index (χ1) is 17.8. The second kappa shape index (κ2) is 10.7. The Morgan fingerprint density at radius 3 is 2.47 bits per heavy atom. The molecule has 2 unspecified atom stereocenters. The van der Waals surface area contributed by atoms with E-state index in [1.807, 2.05) is 39.8 Å². The number of nitrogens with one attached hydrogen (secondary N) is 2. The fraction of sp³-hybridized carbons (Fsp3) is 0.414. The molecule has 0 saturated heterocycles. The molecule has 0 saturated carbocycles. The third-order valence-electron chi connectivity index (χ3n) is 7.16. The Kier molecular flexibility index (Phi) is 7.94. The van der Waals surface area contributed by atoms with Gasteiger partial charge in [-0.25, -0.2) is 0 Å². The predicted octanol–water partition coefficient (Wildman–Crippen LogP) is 6.18. The van der Waals surface area contributed by atoms with Gasteiger partial charge in [-0.15, -0.1) is 0 Å². The first-order valence-electron chi connectivity index (χ1n) is 12.7. The summed E-state index contributed by atoms with van der Waals surface area (Å²) in [6.07, 6.45) is 1.56. The van der Waals surface area contributed by atoms with Crippen LogP contribution in [0.5, 0.6) is 0 Å². The molecule has 0 fully saturated rings. The summed E-state index contributed by atoms with van der Waals surface area (Å²) in [7, 11) is 3.82. The predicted molar refractivity (Wildman–Crippen MR) is 153 cm³/mol. The molecule has 1 heterocycles. The number of carbonyl (C=O) groups excluding carboxylic acids is 3. The number of nitrogens with zero attached hydrogens (tertiary/aromatic N) is 2. The highest BCUT2D eigenvalue weighted by atomic mass is 35.5. The lowest BCUT2D eigenvalue weighted by atomic mass is 9.73. The van der Waals surface area contributed by atoms with Crippen LogP contribution in [0.3, 0.4) is 0 Å². The third-order valence-corrected chi connectivity index (χ3v) is 7.72. The van der Waals surface area contributed by atoms with Crippen molar-refractivity contribution in [2.24, 2.45) is 5.41 Å². The highest BCUT2D eigenvalue weighted by Crippen LogP contribution is 2.49. The van der Waals surface area contributed by atoms with E-state index in [-0.39, 0.29) is 29.2 Å². The van der Waals surface area contributed by atoms with Crippen LogP contribution in [0.1, 0.15) is 68.9 Å². The molecule has 2 amide bonds. The second-order valence-electron chi connectivity index (χ2n) is 11.0. The Hall–Kier alpha value is -2.87. The van der Waals surface area contributed by atoms with Crippen LogP contribution >= 0.6 is 23.2 Å². The number of anilines is 2. The molecule has 2 aromatic rings. The fourth-order valence-corrected chi connectivity index (χ4v) is 5.89. The number of carbonyl (C=O) groups is 3. The van der Waals surface area contributed by atoms with Crippen LogP contribution in [0, 0.1) is 5.41 Å². The van der Waals surface area contributed by atoms with Crippen molar-refractivity contribution in [3.8, 4) is 0 Å². The SMILES string of the molecule is CCC(NC(=O)c1ccc2c(c1)NC1=C(C(=O)CC(C)(C)C1)C(c1ccc(Cl)cc1Cl)N2C(C)=O)N(C)C. The highest BCUT2D eigenvalue weighted by Gasteiger charge is 2.43. The smallest absolute Gasteiger partial charge is 0.252 e. The van der Waals surface area contributed by atoms with Gasteiger partial charge < -0.3 is 10.6 Å². The average molecular weight is 558 g/mol. The van der Waals surface area contributed by atoms with E-state index in [1.54, 1.807) is 41.3 Å². The van der Waals surface area contributed by atoms with Gasteiger partial charge in [-0.2, -0.15) is 0 Å². The maximum absolute atomic E-state index is 13.7. The van der Waals surface area contributed by atoms with E-state index >= 15 is 0 Å². The van der Waals surface area contributed by atoms with Gasteiger partial charge in [0.1, 0.15) is 0 Å². The Labute approximate surface area is 234 Å². The van der Waals surface area contributed by atoms with Crippen molar-refractivity contribution in [2.75, 3.05) is 24.3 Å². The Bertz CT molecular complexity index is 1340. The zero-order chi connectivity index (χ0) is 27.9. The molecule has 0 spiro atoms. The Morgan fingerprint density at radius 2 is 1.87 bits per heavy atom. The average Bonchev–Trinajstić information content (AvgIpc) is 2.95. The van der Waals surface area contributed by atoms with Crippen molar-refractivity contribution < 1.29 is 14.4 Å². The van der Waals surface area contributed by atoms with Crippen molar-refractivity contribution >= 4 is 52.2 Å². The minimum atomic E-state index is -0.748. The number of amides is 2. The van der Waals surface area contributed by atoms with Gasteiger partial charge in [0.25, 0.3) is 5.91 Å². The van der Waals surface area contributed by atoms with E-state index < -0.39 is 6.04 Å². The summed E-state index contributed by atoms with van der Waals surface area (Å²) in [5, 5.41) is 7.33. The van der Waals surface area contributed by atoms with Crippen LogP contribution in [0.15, 0.2) is 47.7 Å². The molecule has 0 bridgehead atoms. The summed E-state index contributed by atoms with van der Waals surface area (Å²) in [5.74, 6) is -0.528. The van der Waals surface area contributed by atoms with Gasteiger partial charge in [-0.3, -0.25) is 24.2 Å². The van der Waals surface area contributed by atoms with Gasteiger partial charge in [-0.05, 0) is 68.2 Å². The number of rotatable bonds is 5. The standard InChI is InChI=1S/C29H34Cl2N4O3/c1-7-25(34(5)6)33-28(38)17-8-11-23-21(12-17)32-22-14-29(3,4)15-24(37)26(22)27(35(23)16(2)36)19-10-9-18(30)13-20(19)31/h8-13,25,27,32H,7,14-15H2,1-6H3,(H,33,38). The third kappa shape index (κ3) is 5.46. The van der Waals surface area contributed by atoms with Crippen LogP contribution in [0.25, 0.3) is 0 Å². The summed E-state index contributed by atoms with van der Waals surface area (Å²) in [4.78, 5) is 43.7. The monoisotopic (exact) mass is 556 g/mol. The number of fused-ring (bicyclic) bond motifs is 1. The lowest BCUT2D eigenvalue weighted by molar-refractivity contribution is -0.118. The summed E-state index contributed by atoms with van der Waals surface area (Å²) in [6, 6.07) is 9.54. The maximum Gasteiger partial charge on any atom is 0.252 e. The molecule has 202 valence electrons. The van der Waals surface area contributed by atoms with E-state index in [4.69, 9.17) is 23.2 Å². The summed E-state index contributed by atoms with van der Waals surface area (Å²) >= 11 is 12.9. The van der Waals surface area contributed by atoms with Gasteiger partial charge in [0.05, 0.1) is 23.6 Å². The van der Waals surface area contributed by atoms with E-state index in [0.29, 0.717) is 51.0 Å². The lowest BCUT2D eigenvalue weighted by Crippen LogP contribution is -2.44. The molecule has 2 atom stereocenters. The number of allylic oxidation sites excluding steroid dienone is 1. The summed E-state index contributed by atoms with van der Waals surface area (Å²) < 4.78 is 0. The van der Waals surface area contributed by atoms with Crippen molar-refractivity contribution in [1.29, 1.82) is 0 Å². The molecule has 38 heavy (non-hydrogen) atoms. The van der Waals surface area contributed by atoms with Crippen molar-refractivity contribution in [3.63, 3.8) is 0 Å². The number of hydrogen-bond acceptors (Lipinski definition) is 5. The number of ketones is 1. The molecule has 9 heteroatoms. The zero-order valence-electron chi connectivity index (χ0n) is 22.6. The van der Waals surface area contributed by atoms with Crippen LogP contribution in [0.4, 0.5) is 11.4 Å². The minimum absolute atomic E-state index is 0.0476. The van der Waals surface area contributed by atoms with Crippen LogP contribution in [0.2, 0.25) is 10.0 Å². The minimum Gasteiger partial charge on any atom is -0.357 e. The molecular formula is C29H34Cl2N4O3. The van der Waals surface area contributed by atoms with Gasteiger partial charge in [0.15, 0.2) is 5.78 Å². The molecule has 7 nitrogen and oxygen atoms in total. The molecule has 0 aromatic heterocycles. The van der Waals surface area contributed by atoms with E-state index in [1.165, 1.54) is 6.92 Å². The van der Waals surface area contributed by atoms with Crippen molar-refractivity contribution in [2.45, 2.75) is 59.2 Å². The molecule has 0 radical (unpaired) electrons. The molecule has 2 N–H and O–H groups in total. The zero-order valence-corrected chi connectivity index (χ0v) is 24.1. The maximum atomic E-state index is 13.7. The molecule has 1 aliphatic heterocycles. The molecule has 1 aliphatic carbocycles. The molecule has 2 aromatic carbocycles. The number of benzene rings is 2. The second-order valence-corrected chi connectivity index (χ2v) is 11.9. The van der Waals surface area contributed by atoms with Crippen LogP contribution < -0.4 is 15.5 Å². The Balaban J connectivity index is 1.91. The number of Topliss-reactive ketones (excluding diaryl/α,β-unsaturated/α-hetero) is 1. The number of hydrogen-bond donors (Lipinski definition) is 2. The quantitative estimate of drug-likeness (QED) is 0.429. The fourth-order valence-electron chi connectivity index (χ4n) is 5.38. The highest BCUT2D eigenvalue weighted by molar-refractivity contribution is 6.35. The first kappa shape index (κ1) is 28.1. The normalized spacial score (nSPS) is 19.3. The van der Waals surface area contributed by atoms with Gasteiger partial charge in [0.2, 0.25) is 5.91 Å². The first-order valence-corrected chi connectivity index (χ1v) is 13.5. The molecule has 4 rings (SSSR count). The largest absolute Gasteiger partial charge is 0.357 e. The van der Waals surface area contributed by atoms with Crippen LogP contribution in [-0.2, 0) is 9.59 Å². The molecule has 2 aliphatic rings. The van der Waals surface area contributed by atoms with Crippen molar-refractivity contribution in [3.05, 3.63) is 68.8 Å². The van der Waals surface area contributed by atoms with Gasteiger partial charge in [0, 0.05) is 40.2 Å². The van der Waals surface area contributed by atoms with Gasteiger partial charge >= 0.3 is 0 Å². The topological polar surface area (TPSA) is 81.8 Å². The van der Waals surface area contributed by atoms with Crippen molar-refractivity contribution in [1.82, 2.24) is 10.2 Å². The molecular weight excluding hydrogens is 523 g/mol. The summed E-state index contributed by atoms with van der Waals surface area (Å²) in [5.41, 5.74) is 3.15. The van der Waals surface area contributed by atoms with E-state index in [2.05, 4.69) is 10.6 Å². The lowest BCUT2D eigenvalue weighted by Gasteiger charge is -2.37. The number of halogens is 2. The Morgan fingerprint density at radius 1 is 1.16 bits per heavy atom. The van der Waals surface area contributed by atoms with Gasteiger partial charge in [-0.1, -0.05) is 50.0 Å². The summed E-state index contributed by atoms with van der Waals surface area (Å²) in [6.45, 7) is 7.56.